The molecule has 0 fully saturated rings. The number of aromatic nitrogens is 3. The lowest BCUT2D eigenvalue weighted by atomic mass is 10.2. The smallest absolute Gasteiger partial charge is 0.431 e. The fourth-order valence-corrected chi connectivity index (χ4v) is 3.35. The Bertz CT molecular complexity index is 1530. The predicted octanol–water partition coefficient (Wildman–Crippen LogP) is 4.04. The van der Waals surface area contributed by atoms with Gasteiger partial charge in [-0.1, -0.05) is 30.3 Å². The molecule has 0 aliphatic heterocycles. The standard InChI is InChI=1S/C24H18F4N4O4/c1-31-21(24(26,27)28)11-22(33)32(23(31)34)17-10-19(16(29)9-15(17)25)36-20-12-30-8-7-18(20)35-13-14-5-3-2-4-6-14/h2-12H,13,29H2,1H3. The van der Waals surface area contributed by atoms with Gasteiger partial charge in [0.2, 0.25) is 0 Å². The van der Waals surface area contributed by atoms with Gasteiger partial charge in [-0.2, -0.15) is 13.2 Å². The molecule has 0 aliphatic carbocycles. The van der Waals surface area contributed by atoms with Crippen molar-refractivity contribution >= 4 is 5.69 Å². The van der Waals surface area contributed by atoms with E-state index in [1.165, 1.54) is 18.5 Å². The summed E-state index contributed by atoms with van der Waals surface area (Å²) in [6.07, 6.45) is -2.19. The molecule has 4 rings (SSSR count). The average molecular weight is 502 g/mol. The average Bonchev–Trinajstić information content (AvgIpc) is 2.83. The summed E-state index contributed by atoms with van der Waals surface area (Å²) < 4.78 is 66.2. The Morgan fingerprint density at radius 2 is 1.72 bits per heavy atom. The van der Waals surface area contributed by atoms with Crippen LogP contribution in [-0.4, -0.2) is 14.1 Å². The largest absolute Gasteiger partial charge is 0.485 e. The normalized spacial score (nSPS) is 11.4. The van der Waals surface area contributed by atoms with E-state index in [4.69, 9.17) is 15.2 Å². The molecule has 0 atom stereocenters. The molecule has 186 valence electrons. The Morgan fingerprint density at radius 1 is 1.00 bits per heavy atom. The van der Waals surface area contributed by atoms with E-state index >= 15 is 0 Å². The number of nitrogens with zero attached hydrogens (tertiary/aromatic N) is 3. The SMILES string of the molecule is Cn1c(C(F)(F)F)cc(=O)n(-c2cc(Oc3cnccc3OCc3ccccc3)c(N)cc2F)c1=O. The molecule has 36 heavy (non-hydrogen) atoms. The van der Waals surface area contributed by atoms with Gasteiger partial charge in [0, 0.05) is 37.5 Å². The number of nitrogens with two attached hydrogens (primary N) is 1. The molecular formula is C24H18F4N4O4. The summed E-state index contributed by atoms with van der Waals surface area (Å²) in [5, 5.41) is 0. The number of alkyl halides is 3. The van der Waals surface area contributed by atoms with Gasteiger partial charge in [0.1, 0.15) is 18.1 Å². The maximum Gasteiger partial charge on any atom is 0.431 e. The minimum atomic E-state index is -4.96. The van der Waals surface area contributed by atoms with Crippen LogP contribution < -0.4 is 26.5 Å². The Morgan fingerprint density at radius 3 is 2.42 bits per heavy atom. The third kappa shape index (κ3) is 4.92. The number of nitrogen functional groups attached to an aromatic ring is 1. The lowest BCUT2D eigenvalue weighted by Gasteiger charge is -2.16. The number of benzene rings is 2. The zero-order chi connectivity index (χ0) is 26.0. The number of pyridine rings is 1. The van der Waals surface area contributed by atoms with Gasteiger partial charge in [0.05, 0.1) is 17.6 Å². The van der Waals surface area contributed by atoms with Crippen LogP contribution in [0.5, 0.6) is 17.2 Å². The van der Waals surface area contributed by atoms with Crippen LogP contribution in [0, 0.1) is 5.82 Å². The van der Waals surface area contributed by atoms with Crippen molar-refractivity contribution in [3.8, 4) is 22.9 Å². The van der Waals surface area contributed by atoms with Gasteiger partial charge >= 0.3 is 11.9 Å². The van der Waals surface area contributed by atoms with E-state index in [1.54, 1.807) is 0 Å². The first-order valence-electron chi connectivity index (χ1n) is 10.3. The van der Waals surface area contributed by atoms with Crippen LogP contribution >= 0.6 is 0 Å². The van der Waals surface area contributed by atoms with E-state index in [0.29, 0.717) is 0 Å². The monoisotopic (exact) mass is 502 g/mol. The van der Waals surface area contributed by atoms with Crippen LogP contribution in [0.25, 0.3) is 5.69 Å². The Balaban J connectivity index is 1.73. The van der Waals surface area contributed by atoms with Crippen LogP contribution in [0.4, 0.5) is 23.2 Å². The van der Waals surface area contributed by atoms with Crippen LogP contribution in [-0.2, 0) is 19.8 Å². The highest BCUT2D eigenvalue weighted by Crippen LogP contribution is 2.36. The van der Waals surface area contributed by atoms with E-state index in [2.05, 4.69) is 4.98 Å². The van der Waals surface area contributed by atoms with Gasteiger partial charge in [-0.3, -0.25) is 14.3 Å². The molecule has 0 bridgehead atoms. The summed E-state index contributed by atoms with van der Waals surface area (Å²) in [4.78, 5) is 29.0. The Hall–Kier alpha value is -4.61. The molecule has 0 saturated heterocycles. The van der Waals surface area contributed by atoms with Gasteiger partial charge < -0.3 is 15.2 Å². The molecule has 2 heterocycles. The number of rotatable bonds is 6. The van der Waals surface area contributed by atoms with Crippen molar-refractivity contribution in [2.24, 2.45) is 7.05 Å². The van der Waals surface area contributed by atoms with Crippen molar-refractivity contribution in [3.05, 3.63) is 105 Å². The van der Waals surface area contributed by atoms with Crippen molar-refractivity contribution < 1.29 is 27.0 Å². The molecule has 0 unspecified atom stereocenters. The van der Waals surface area contributed by atoms with E-state index in [9.17, 15) is 27.2 Å². The third-order valence-corrected chi connectivity index (χ3v) is 5.13. The topological polar surface area (TPSA) is 101 Å². The fraction of sp³-hybridized carbons (Fsp3) is 0.125. The molecular weight excluding hydrogens is 484 g/mol. The highest BCUT2D eigenvalue weighted by atomic mass is 19.4. The molecule has 0 amide bonds. The van der Waals surface area contributed by atoms with Crippen LogP contribution in [0.2, 0.25) is 0 Å². The minimum Gasteiger partial charge on any atom is -0.485 e. The zero-order valence-corrected chi connectivity index (χ0v) is 18.6. The molecule has 4 aromatic rings. The molecule has 0 aliphatic rings. The molecule has 8 nitrogen and oxygen atoms in total. The quantitative estimate of drug-likeness (QED) is 0.316. The first kappa shape index (κ1) is 24.5. The summed E-state index contributed by atoms with van der Waals surface area (Å²) in [7, 11) is 0.819. The van der Waals surface area contributed by atoms with Gasteiger partial charge in [-0.05, 0) is 5.56 Å². The van der Waals surface area contributed by atoms with Gasteiger partial charge in [-0.25, -0.2) is 13.8 Å². The minimum absolute atomic E-state index is 0.0883. The van der Waals surface area contributed by atoms with Crippen LogP contribution in [0.1, 0.15) is 11.3 Å². The second-order valence-corrected chi connectivity index (χ2v) is 7.58. The van der Waals surface area contributed by atoms with Gasteiger partial charge in [0.25, 0.3) is 5.56 Å². The lowest BCUT2D eigenvalue weighted by Crippen LogP contribution is -2.41. The first-order chi connectivity index (χ1) is 17.1. The molecule has 12 heteroatoms. The summed E-state index contributed by atoms with van der Waals surface area (Å²) in [5.41, 5.74) is 1.64. The predicted molar refractivity (Wildman–Crippen MR) is 122 cm³/mol. The van der Waals surface area contributed by atoms with Crippen LogP contribution in [0.3, 0.4) is 0 Å². The summed E-state index contributed by atoms with van der Waals surface area (Å²) in [6, 6.07) is 12.7. The first-order valence-corrected chi connectivity index (χ1v) is 10.3. The number of hydrogen-bond acceptors (Lipinski definition) is 6. The van der Waals surface area contributed by atoms with E-state index in [0.717, 1.165) is 24.7 Å². The highest BCUT2D eigenvalue weighted by molar-refractivity contribution is 5.60. The van der Waals surface area contributed by atoms with Crippen molar-refractivity contribution in [1.82, 2.24) is 14.1 Å². The molecule has 2 aromatic carbocycles. The third-order valence-electron chi connectivity index (χ3n) is 5.13. The van der Waals surface area contributed by atoms with Crippen molar-refractivity contribution in [1.29, 1.82) is 0 Å². The fourth-order valence-electron chi connectivity index (χ4n) is 3.35. The maximum absolute atomic E-state index is 14.8. The Kier molecular flexibility index (Phi) is 6.51. The zero-order valence-electron chi connectivity index (χ0n) is 18.6. The van der Waals surface area contributed by atoms with Crippen LogP contribution in [0.15, 0.2) is 76.6 Å². The number of ether oxygens (including phenoxy) is 2. The van der Waals surface area contributed by atoms with Gasteiger partial charge in [-0.15, -0.1) is 0 Å². The van der Waals surface area contributed by atoms with Crippen molar-refractivity contribution in [2.45, 2.75) is 12.8 Å². The second kappa shape index (κ2) is 9.56. The molecule has 2 aromatic heterocycles. The molecule has 2 N–H and O–H groups in total. The maximum atomic E-state index is 14.8. The summed E-state index contributed by atoms with van der Waals surface area (Å²) >= 11 is 0. The van der Waals surface area contributed by atoms with Crippen molar-refractivity contribution in [3.63, 3.8) is 0 Å². The number of halogens is 4. The molecule has 0 saturated carbocycles. The van der Waals surface area contributed by atoms with E-state index in [-0.39, 0.29) is 44.7 Å². The number of hydrogen-bond donors (Lipinski definition) is 1. The summed E-state index contributed by atoms with van der Waals surface area (Å²) in [5.74, 6) is -0.949. The van der Waals surface area contributed by atoms with Gasteiger partial charge in [0.15, 0.2) is 17.2 Å². The van der Waals surface area contributed by atoms with Crippen molar-refractivity contribution in [2.75, 3.05) is 5.73 Å². The second-order valence-electron chi connectivity index (χ2n) is 7.58. The van der Waals surface area contributed by atoms with E-state index < -0.39 is 34.6 Å². The molecule has 0 spiro atoms. The van der Waals surface area contributed by atoms with E-state index in [1.807, 2.05) is 30.3 Å². The lowest BCUT2D eigenvalue weighted by molar-refractivity contribution is -0.144. The summed E-state index contributed by atoms with van der Waals surface area (Å²) in [6.45, 7) is 0.197. The molecule has 0 radical (unpaired) electrons. The highest BCUT2D eigenvalue weighted by Gasteiger charge is 2.35. The number of anilines is 1. The Labute approximate surface area is 200 Å².